The quantitative estimate of drug-likeness (QED) is 0.674. The summed E-state index contributed by atoms with van der Waals surface area (Å²) in [5.41, 5.74) is 0.753. The van der Waals surface area contributed by atoms with Gasteiger partial charge in [0.1, 0.15) is 5.75 Å². The van der Waals surface area contributed by atoms with Crippen molar-refractivity contribution in [1.29, 1.82) is 0 Å². The number of rotatable bonds is 8. The zero-order valence-corrected chi connectivity index (χ0v) is 12.5. The van der Waals surface area contributed by atoms with Crippen molar-refractivity contribution in [1.82, 2.24) is 4.90 Å². The van der Waals surface area contributed by atoms with Crippen LogP contribution < -0.4 is 4.74 Å². The molecule has 0 radical (unpaired) electrons. The van der Waals surface area contributed by atoms with Crippen molar-refractivity contribution in [2.24, 2.45) is 5.92 Å². The molecule has 0 aliphatic carbocycles. The Bertz CT molecular complexity index is 386. The second-order valence-corrected chi connectivity index (χ2v) is 4.99. The Morgan fingerprint density at radius 1 is 1.26 bits per heavy atom. The number of ether oxygens (including phenoxy) is 1. The second-order valence-electron chi connectivity index (χ2n) is 4.99. The van der Waals surface area contributed by atoms with Gasteiger partial charge >= 0.3 is 0 Å². The minimum absolute atomic E-state index is 0.174. The predicted octanol–water partition coefficient (Wildman–Crippen LogP) is 3.25. The average molecular weight is 263 g/mol. The van der Waals surface area contributed by atoms with Crippen molar-refractivity contribution in [3.63, 3.8) is 0 Å². The van der Waals surface area contributed by atoms with Gasteiger partial charge < -0.3 is 4.74 Å². The summed E-state index contributed by atoms with van der Waals surface area (Å²) < 4.78 is 5.10. The van der Waals surface area contributed by atoms with Crippen LogP contribution >= 0.6 is 0 Å². The van der Waals surface area contributed by atoms with Gasteiger partial charge in [0.15, 0.2) is 5.78 Å². The lowest BCUT2D eigenvalue weighted by atomic mass is 10.1. The molecule has 0 saturated carbocycles. The van der Waals surface area contributed by atoms with E-state index in [9.17, 15) is 4.79 Å². The van der Waals surface area contributed by atoms with E-state index in [1.165, 1.54) is 0 Å². The summed E-state index contributed by atoms with van der Waals surface area (Å²) in [5, 5.41) is 0. The number of hydrogen-bond acceptors (Lipinski definition) is 3. The molecule has 0 N–H and O–H groups in total. The molecule has 0 spiro atoms. The normalized spacial score (nSPS) is 12.5. The molecular weight excluding hydrogens is 238 g/mol. The van der Waals surface area contributed by atoms with Crippen molar-refractivity contribution in [2.45, 2.75) is 27.2 Å². The van der Waals surface area contributed by atoms with Crippen LogP contribution in [0.2, 0.25) is 0 Å². The van der Waals surface area contributed by atoms with E-state index >= 15 is 0 Å². The fourth-order valence-electron chi connectivity index (χ4n) is 1.95. The molecule has 0 aliphatic rings. The lowest BCUT2D eigenvalue weighted by molar-refractivity contribution is 0.0924. The van der Waals surface area contributed by atoms with E-state index in [1.807, 2.05) is 24.3 Å². The summed E-state index contributed by atoms with van der Waals surface area (Å²) >= 11 is 0. The molecule has 1 aromatic carbocycles. The summed E-state index contributed by atoms with van der Waals surface area (Å²) in [6.07, 6.45) is 1.15. The van der Waals surface area contributed by atoms with Crippen LogP contribution in [0.25, 0.3) is 0 Å². The third-order valence-electron chi connectivity index (χ3n) is 3.49. The maximum absolute atomic E-state index is 12.2. The number of hydrogen-bond donors (Lipinski definition) is 0. The largest absolute Gasteiger partial charge is 0.497 e. The molecule has 0 aromatic heterocycles. The molecule has 1 aromatic rings. The SMILES string of the molecule is CCC(C)CN(CC)CC(=O)c1ccc(OC)cc1. The summed E-state index contributed by atoms with van der Waals surface area (Å²) in [5.74, 6) is 1.58. The second kappa shape index (κ2) is 7.95. The first-order valence-electron chi connectivity index (χ1n) is 7.00. The summed E-state index contributed by atoms with van der Waals surface area (Å²) in [6, 6.07) is 7.33. The molecule has 0 bridgehead atoms. The van der Waals surface area contributed by atoms with E-state index in [0.29, 0.717) is 12.5 Å². The Hall–Kier alpha value is -1.35. The van der Waals surface area contributed by atoms with Crippen LogP contribution in [0.1, 0.15) is 37.6 Å². The van der Waals surface area contributed by atoms with Crippen LogP contribution in [0.15, 0.2) is 24.3 Å². The number of likely N-dealkylation sites (N-methyl/N-ethyl adjacent to an activating group) is 1. The van der Waals surface area contributed by atoms with E-state index in [2.05, 4.69) is 25.7 Å². The molecule has 1 unspecified atom stereocenters. The average Bonchev–Trinajstić information content (AvgIpc) is 2.46. The van der Waals surface area contributed by atoms with Gasteiger partial charge in [-0.05, 0) is 36.7 Å². The lowest BCUT2D eigenvalue weighted by Gasteiger charge is -2.22. The van der Waals surface area contributed by atoms with Crippen LogP contribution in [0.3, 0.4) is 0 Å². The van der Waals surface area contributed by atoms with Crippen LogP contribution in [0.5, 0.6) is 5.75 Å². The van der Waals surface area contributed by atoms with Crippen molar-refractivity contribution >= 4 is 5.78 Å². The molecule has 0 heterocycles. The summed E-state index contributed by atoms with van der Waals surface area (Å²) in [6.45, 7) is 8.89. The highest BCUT2D eigenvalue weighted by molar-refractivity contribution is 5.97. The number of carbonyl (C=O) groups is 1. The van der Waals surface area contributed by atoms with Gasteiger partial charge in [0, 0.05) is 12.1 Å². The minimum atomic E-state index is 0.174. The van der Waals surface area contributed by atoms with Gasteiger partial charge in [-0.1, -0.05) is 27.2 Å². The first-order valence-corrected chi connectivity index (χ1v) is 7.00. The van der Waals surface area contributed by atoms with Gasteiger partial charge in [-0.25, -0.2) is 0 Å². The number of nitrogens with zero attached hydrogens (tertiary/aromatic N) is 1. The minimum Gasteiger partial charge on any atom is -0.497 e. The van der Waals surface area contributed by atoms with E-state index in [0.717, 1.165) is 30.8 Å². The number of Topliss-reactive ketones (excluding diaryl/α,β-unsaturated/α-hetero) is 1. The molecule has 106 valence electrons. The molecule has 0 amide bonds. The van der Waals surface area contributed by atoms with Gasteiger partial charge in [0.05, 0.1) is 13.7 Å². The third kappa shape index (κ3) is 5.03. The van der Waals surface area contributed by atoms with Gasteiger partial charge in [-0.15, -0.1) is 0 Å². The number of carbonyl (C=O) groups excluding carboxylic acids is 1. The Balaban J connectivity index is 2.60. The van der Waals surface area contributed by atoms with Crippen LogP contribution in [-0.2, 0) is 0 Å². The number of ketones is 1. The number of benzene rings is 1. The Morgan fingerprint density at radius 3 is 2.37 bits per heavy atom. The first-order chi connectivity index (χ1) is 9.10. The van der Waals surface area contributed by atoms with Crippen LogP contribution in [0.4, 0.5) is 0 Å². The predicted molar refractivity (Wildman–Crippen MR) is 78.9 cm³/mol. The van der Waals surface area contributed by atoms with Gasteiger partial charge in [-0.3, -0.25) is 9.69 Å². The zero-order chi connectivity index (χ0) is 14.3. The molecule has 19 heavy (non-hydrogen) atoms. The van der Waals surface area contributed by atoms with Crippen molar-refractivity contribution in [3.05, 3.63) is 29.8 Å². The molecule has 3 heteroatoms. The molecule has 1 rings (SSSR count). The summed E-state index contributed by atoms with van der Waals surface area (Å²) in [7, 11) is 1.63. The standard InChI is InChI=1S/C16H25NO2/c1-5-13(3)11-17(6-2)12-16(18)14-7-9-15(19-4)10-8-14/h7-10,13H,5-6,11-12H2,1-4H3. The third-order valence-corrected chi connectivity index (χ3v) is 3.49. The smallest absolute Gasteiger partial charge is 0.176 e. The molecule has 0 saturated heterocycles. The molecule has 1 atom stereocenters. The van der Waals surface area contributed by atoms with Gasteiger partial charge in [0.2, 0.25) is 0 Å². The van der Waals surface area contributed by atoms with Crippen molar-refractivity contribution in [2.75, 3.05) is 26.7 Å². The summed E-state index contributed by atoms with van der Waals surface area (Å²) in [4.78, 5) is 14.4. The Labute approximate surface area is 116 Å². The highest BCUT2D eigenvalue weighted by Gasteiger charge is 2.13. The van der Waals surface area contributed by atoms with E-state index < -0.39 is 0 Å². The van der Waals surface area contributed by atoms with Gasteiger partial charge in [-0.2, -0.15) is 0 Å². The monoisotopic (exact) mass is 263 g/mol. The fourth-order valence-corrected chi connectivity index (χ4v) is 1.95. The Morgan fingerprint density at radius 2 is 1.89 bits per heavy atom. The maximum Gasteiger partial charge on any atom is 0.176 e. The Kier molecular flexibility index (Phi) is 6.57. The highest BCUT2D eigenvalue weighted by Crippen LogP contribution is 2.12. The van der Waals surface area contributed by atoms with E-state index in [-0.39, 0.29) is 5.78 Å². The topological polar surface area (TPSA) is 29.5 Å². The van der Waals surface area contributed by atoms with E-state index in [1.54, 1.807) is 7.11 Å². The first kappa shape index (κ1) is 15.7. The molecular formula is C16H25NO2. The van der Waals surface area contributed by atoms with Crippen LogP contribution in [-0.4, -0.2) is 37.4 Å². The molecule has 0 fully saturated rings. The van der Waals surface area contributed by atoms with Crippen molar-refractivity contribution in [3.8, 4) is 5.75 Å². The van der Waals surface area contributed by atoms with Gasteiger partial charge in [0.25, 0.3) is 0 Å². The highest BCUT2D eigenvalue weighted by atomic mass is 16.5. The fraction of sp³-hybridized carbons (Fsp3) is 0.562. The molecule has 0 aliphatic heterocycles. The zero-order valence-electron chi connectivity index (χ0n) is 12.5. The van der Waals surface area contributed by atoms with E-state index in [4.69, 9.17) is 4.74 Å². The number of methoxy groups -OCH3 is 1. The molecule has 3 nitrogen and oxygen atoms in total. The van der Waals surface area contributed by atoms with Crippen molar-refractivity contribution < 1.29 is 9.53 Å². The van der Waals surface area contributed by atoms with Crippen LogP contribution in [0, 0.1) is 5.92 Å². The maximum atomic E-state index is 12.2. The lowest BCUT2D eigenvalue weighted by Crippen LogP contribution is -2.33.